The molecule has 0 aliphatic carbocycles. The van der Waals surface area contributed by atoms with Gasteiger partial charge in [0.05, 0.1) is 10.5 Å². The Balaban J connectivity index is 2.43. The van der Waals surface area contributed by atoms with Crippen LogP contribution in [0.15, 0.2) is 41.3 Å². The molecule has 0 aromatic heterocycles. The van der Waals surface area contributed by atoms with Crippen molar-refractivity contribution in [3.05, 3.63) is 53.6 Å². The second kappa shape index (κ2) is 5.60. The Morgan fingerprint density at radius 3 is 2.32 bits per heavy atom. The summed E-state index contributed by atoms with van der Waals surface area (Å²) >= 11 is 0. The SMILES string of the molecule is O=C(O)c1ccc(S(=O)(=O)Nc2c(O)cccc2F)cc1F. The Bertz CT molecular complexity index is 831. The van der Waals surface area contributed by atoms with Gasteiger partial charge in [-0.3, -0.25) is 4.72 Å². The molecule has 0 radical (unpaired) electrons. The summed E-state index contributed by atoms with van der Waals surface area (Å²) in [5.74, 6) is -4.48. The number of carboxylic acid groups (broad SMARTS) is 1. The average molecular weight is 329 g/mol. The van der Waals surface area contributed by atoms with E-state index in [1.54, 1.807) is 4.72 Å². The van der Waals surface area contributed by atoms with Crippen molar-refractivity contribution in [1.29, 1.82) is 0 Å². The second-order valence-electron chi connectivity index (χ2n) is 4.19. The maximum absolute atomic E-state index is 13.5. The van der Waals surface area contributed by atoms with Crippen molar-refractivity contribution in [3.8, 4) is 5.75 Å². The number of para-hydroxylation sites is 1. The summed E-state index contributed by atoms with van der Waals surface area (Å²) < 4.78 is 52.9. The van der Waals surface area contributed by atoms with E-state index in [4.69, 9.17) is 5.11 Å². The number of benzene rings is 2. The number of hydrogen-bond donors (Lipinski definition) is 3. The lowest BCUT2D eigenvalue weighted by Crippen LogP contribution is -2.15. The van der Waals surface area contributed by atoms with E-state index in [2.05, 4.69) is 0 Å². The highest BCUT2D eigenvalue weighted by Gasteiger charge is 2.21. The van der Waals surface area contributed by atoms with Crippen LogP contribution < -0.4 is 4.72 Å². The number of anilines is 1. The van der Waals surface area contributed by atoms with Gasteiger partial charge < -0.3 is 10.2 Å². The smallest absolute Gasteiger partial charge is 0.338 e. The number of sulfonamides is 1. The van der Waals surface area contributed by atoms with Gasteiger partial charge in [-0.05, 0) is 30.3 Å². The quantitative estimate of drug-likeness (QED) is 0.746. The van der Waals surface area contributed by atoms with E-state index >= 15 is 0 Å². The van der Waals surface area contributed by atoms with Crippen molar-refractivity contribution in [1.82, 2.24) is 0 Å². The Morgan fingerprint density at radius 1 is 1.09 bits per heavy atom. The maximum Gasteiger partial charge on any atom is 0.338 e. The largest absolute Gasteiger partial charge is 0.506 e. The minimum Gasteiger partial charge on any atom is -0.506 e. The van der Waals surface area contributed by atoms with Gasteiger partial charge in [-0.25, -0.2) is 22.0 Å². The lowest BCUT2D eigenvalue weighted by Gasteiger charge is -2.11. The molecule has 2 aromatic carbocycles. The molecule has 0 unspecified atom stereocenters. The lowest BCUT2D eigenvalue weighted by molar-refractivity contribution is 0.0691. The van der Waals surface area contributed by atoms with Gasteiger partial charge in [0.1, 0.15) is 17.3 Å². The molecule has 0 aliphatic rings. The molecule has 0 fully saturated rings. The van der Waals surface area contributed by atoms with Crippen molar-refractivity contribution < 1.29 is 32.2 Å². The van der Waals surface area contributed by atoms with Crippen molar-refractivity contribution in [2.24, 2.45) is 0 Å². The molecule has 6 nitrogen and oxygen atoms in total. The minimum atomic E-state index is -4.41. The van der Waals surface area contributed by atoms with Gasteiger partial charge in [-0.1, -0.05) is 6.07 Å². The molecule has 0 spiro atoms. The van der Waals surface area contributed by atoms with E-state index < -0.39 is 49.5 Å². The van der Waals surface area contributed by atoms with Gasteiger partial charge in [0, 0.05) is 0 Å². The Morgan fingerprint density at radius 2 is 1.77 bits per heavy atom. The van der Waals surface area contributed by atoms with E-state index in [-0.39, 0.29) is 0 Å². The van der Waals surface area contributed by atoms with Gasteiger partial charge in [-0.2, -0.15) is 0 Å². The highest BCUT2D eigenvalue weighted by molar-refractivity contribution is 7.92. The number of nitrogens with one attached hydrogen (secondary N) is 1. The van der Waals surface area contributed by atoms with Crippen molar-refractivity contribution >= 4 is 21.7 Å². The molecule has 9 heteroatoms. The molecule has 2 rings (SSSR count). The molecule has 0 saturated carbocycles. The monoisotopic (exact) mass is 329 g/mol. The molecule has 0 aliphatic heterocycles. The van der Waals surface area contributed by atoms with Gasteiger partial charge >= 0.3 is 5.97 Å². The van der Waals surface area contributed by atoms with Crippen LogP contribution in [0.2, 0.25) is 0 Å². The zero-order valence-electron chi connectivity index (χ0n) is 10.7. The lowest BCUT2D eigenvalue weighted by atomic mass is 10.2. The third-order valence-electron chi connectivity index (χ3n) is 2.71. The number of hydrogen-bond acceptors (Lipinski definition) is 4. The highest BCUT2D eigenvalue weighted by atomic mass is 32.2. The van der Waals surface area contributed by atoms with Crippen LogP contribution in [0.3, 0.4) is 0 Å². The number of aromatic carboxylic acids is 1. The van der Waals surface area contributed by atoms with Gasteiger partial charge in [-0.15, -0.1) is 0 Å². The number of carbonyl (C=O) groups is 1. The summed E-state index contributed by atoms with van der Waals surface area (Å²) in [5.41, 5.74) is -1.39. The van der Waals surface area contributed by atoms with Crippen LogP contribution in [0.4, 0.5) is 14.5 Å². The van der Waals surface area contributed by atoms with Crippen LogP contribution in [0.1, 0.15) is 10.4 Å². The number of aromatic hydroxyl groups is 1. The average Bonchev–Trinajstić information content (AvgIpc) is 2.42. The second-order valence-corrected chi connectivity index (χ2v) is 5.87. The molecule has 22 heavy (non-hydrogen) atoms. The summed E-state index contributed by atoms with van der Waals surface area (Å²) in [6, 6.07) is 5.27. The summed E-state index contributed by atoms with van der Waals surface area (Å²) in [7, 11) is -4.41. The Hall–Kier alpha value is -2.68. The zero-order valence-corrected chi connectivity index (χ0v) is 11.6. The number of phenols is 1. The first kappa shape index (κ1) is 15.7. The molecule has 0 atom stereocenters. The highest BCUT2D eigenvalue weighted by Crippen LogP contribution is 2.28. The van der Waals surface area contributed by atoms with E-state index in [0.29, 0.717) is 6.07 Å². The fourth-order valence-corrected chi connectivity index (χ4v) is 2.74. The van der Waals surface area contributed by atoms with Gasteiger partial charge in [0.25, 0.3) is 10.0 Å². The standard InChI is InChI=1S/C13H9F2NO5S/c14-9-2-1-3-11(17)12(9)16-22(20,21)7-4-5-8(13(18)19)10(15)6-7/h1-6,16-17H,(H,18,19). The molecule has 0 bridgehead atoms. The molecular weight excluding hydrogens is 320 g/mol. The van der Waals surface area contributed by atoms with Crippen LogP contribution in [0.5, 0.6) is 5.75 Å². The number of halogens is 2. The van der Waals surface area contributed by atoms with E-state index in [9.17, 15) is 27.1 Å². The van der Waals surface area contributed by atoms with Crippen LogP contribution in [0.25, 0.3) is 0 Å². The fraction of sp³-hybridized carbons (Fsp3) is 0. The minimum absolute atomic E-state index is 0.490. The molecule has 116 valence electrons. The van der Waals surface area contributed by atoms with E-state index in [0.717, 1.165) is 24.3 Å². The predicted octanol–water partition coefficient (Wildman–Crippen LogP) is 2.17. The van der Waals surface area contributed by atoms with Crippen molar-refractivity contribution in [2.75, 3.05) is 4.72 Å². The summed E-state index contributed by atoms with van der Waals surface area (Å²) in [6.07, 6.45) is 0. The Kier molecular flexibility index (Phi) is 4.00. The summed E-state index contributed by atoms with van der Waals surface area (Å²) in [6.45, 7) is 0. The third-order valence-corrected chi connectivity index (χ3v) is 4.06. The van der Waals surface area contributed by atoms with Crippen LogP contribution in [0, 0.1) is 11.6 Å². The zero-order chi connectivity index (χ0) is 16.5. The number of phenolic OH excluding ortho intramolecular Hbond substituents is 1. The Labute approximate surface area is 123 Å². The molecule has 0 amide bonds. The summed E-state index contributed by atoms with van der Waals surface area (Å²) in [4.78, 5) is 10.1. The van der Waals surface area contributed by atoms with Gasteiger partial charge in [0.2, 0.25) is 0 Å². The van der Waals surface area contributed by atoms with Crippen LogP contribution in [-0.4, -0.2) is 24.6 Å². The van der Waals surface area contributed by atoms with Crippen molar-refractivity contribution in [2.45, 2.75) is 4.90 Å². The number of rotatable bonds is 4. The third kappa shape index (κ3) is 2.98. The maximum atomic E-state index is 13.5. The molecule has 2 aromatic rings. The molecule has 0 saturated heterocycles. The summed E-state index contributed by atoms with van der Waals surface area (Å²) in [5, 5.41) is 18.1. The van der Waals surface area contributed by atoms with Crippen molar-refractivity contribution in [3.63, 3.8) is 0 Å². The molecular formula is C13H9F2NO5S. The molecule has 0 heterocycles. The first-order valence-electron chi connectivity index (χ1n) is 5.75. The van der Waals surface area contributed by atoms with E-state index in [1.165, 1.54) is 6.07 Å². The topological polar surface area (TPSA) is 104 Å². The first-order chi connectivity index (χ1) is 10.2. The normalized spacial score (nSPS) is 11.2. The predicted molar refractivity (Wildman–Crippen MR) is 72.2 cm³/mol. The van der Waals surface area contributed by atoms with E-state index in [1.807, 2.05) is 0 Å². The van der Waals surface area contributed by atoms with Crippen LogP contribution >= 0.6 is 0 Å². The van der Waals surface area contributed by atoms with Crippen LogP contribution in [-0.2, 0) is 10.0 Å². The van der Waals surface area contributed by atoms with Gasteiger partial charge in [0.15, 0.2) is 5.82 Å². The number of carboxylic acids is 1. The fourth-order valence-electron chi connectivity index (χ4n) is 1.64. The molecule has 3 N–H and O–H groups in total. The first-order valence-corrected chi connectivity index (χ1v) is 7.24.